The van der Waals surface area contributed by atoms with Crippen molar-refractivity contribution in [2.75, 3.05) is 6.54 Å². The van der Waals surface area contributed by atoms with Crippen molar-refractivity contribution in [2.24, 2.45) is 5.92 Å². The molecule has 5 nitrogen and oxygen atoms in total. The smallest absolute Gasteiger partial charge is 0.213 e. The van der Waals surface area contributed by atoms with E-state index in [0.29, 0.717) is 12.1 Å². The number of nitrogens with zero attached hydrogens (tertiary/aromatic N) is 2. The Morgan fingerprint density at radius 1 is 1.56 bits per heavy atom. The summed E-state index contributed by atoms with van der Waals surface area (Å²) in [4.78, 5) is 25.8. The monoisotopic (exact) mass is 222 g/mol. The molecule has 1 atom stereocenters. The van der Waals surface area contributed by atoms with Crippen LogP contribution in [0, 0.1) is 16.0 Å². The molecule has 1 aromatic heterocycles. The first-order valence-corrected chi connectivity index (χ1v) is 5.22. The van der Waals surface area contributed by atoms with Gasteiger partial charge >= 0.3 is 0 Å². The number of ketones is 1. The molecule has 0 aliphatic rings. The molecule has 0 N–H and O–H groups in total. The highest BCUT2D eigenvalue weighted by molar-refractivity contribution is 5.96. The van der Waals surface area contributed by atoms with Gasteiger partial charge in [0, 0.05) is 11.1 Å². The molecule has 0 spiro atoms. The van der Waals surface area contributed by atoms with Gasteiger partial charge in [-0.15, -0.1) is 0 Å². The summed E-state index contributed by atoms with van der Waals surface area (Å²) in [6, 6.07) is 5.00. The van der Waals surface area contributed by atoms with Gasteiger partial charge in [0.05, 0.1) is 5.92 Å². The second kappa shape index (κ2) is 5.95. The van der Waals surface area contributed by atoms with Crippen LogP contribution in [0.1, 0.15) is 30.3 Å². The highest BCUT2D eigenvalue weighted by Gasteiger charge is 2.24. The predicted molar refractivity (Wildman–Crippen MR) is 58.8 cm³/mol. The fourth-order valence-corrected chi connectivity index (χ4v) is 1.55. The Hall–Kier alpha value is -1.78. The number of rotatable bonds is 6. The summed E-state index contributed by atoms with van der Waals surface area (Å²) in [7, 11) is 0. The SMILES string of the molecule is CCC[C@@H](C[N+](=O)[O-])C(=O)c1ccccn1. The maximum atomic E-state index is 11.9. The van der Waals surface area contributed by atoms with Gasteiger partial charge in [0.15, 0.2) is 5.78 Å². The molecule has 0 aliphatic carbocycles. The summed E-state index contributed by atoms with van der Waals surface area (Å²) in [6.07, 6.45) is 2.79. The number of nitro groups is 1. The molecule has 0 aliphatic heterocycles. The molecule has 16 heavy (non-hydrogen) atoms. The largest absolute Gasteiger partial charge is 0.292 e. The van der Waals surface area contributed by atoms with Crippen molar-refractivity contribution in [1.82, 2.24) is 4.98 Å². The summed E-state index contributed by atoms with van der Waals surface area (Å²) in [5, 5.41) is 10.5. The zero-order valence-electron chi connectivity index (χ0n) is 9.13. The van der Waals surface area contributed by atoms with E-state index in [0.717, 1.165) is 6.42 Å². The number of carbonyl (C=O) groups is 1. The zero-order valence-corrected chi connectivity index (χ0v) is 9.13. The van der Waals surface area contributed by atoms with Crippen LogP contribution in [0.2, 0.25) is 0 Å². The number of hydrogen-bond acceptors (Lipinski definition) is 4. The van der Waals surface area contributed by atoms with Crippen LogP contribution in [-0.4, -0.2) is 22.2 Å². The summed E-state index contributed by atoms with van der Waals surface area (Å²) in [6.45, 7) is 1.59. The fourth-order valence-electron chi connectivity index (χ4n) is 1.55. The van der Waals surface area contributed by atoms with E-state index in [9.17, 15) is 14.9 Å². The van der Waals surface area contributed by atoms with Crippen molar-refractivity contribution in [2.45, 2.75) is 19.8 Å². The highest BCUT2D eigenvalue weighted by atomic mass is 16.6. The van der Waals surface area contributed by atoms with Gasteiger partial charge in [-0.2, -0.15) is 0 Å². The Morgan fingerprint density at radius 3 is 2.81 bits per heavy atom. The normalized spacial score (nSPS) is 12.1. The van der Waals surface area contributed by atoms with Crippen LogP contribution in [0.5, 0.6) is 0 Å². The molecule has 1 heterocycles. The van der Waals surface area contributed by atoms with Gasteiger partial charge in [0.25, 0.3) is 0 Å². The Morgan fingerprint density at radius 2 is 2.31 bits per heavy atom. The topological polar surface area (TPSA) is 73.1 Å². The molecule has 0 unspecified atom stereocenters. The number of hydrogen-bond donors (Lipinski definition) is 0. The van der Waals surface area contributed by atoms with Gasteiger partial charge in [-0.25, -0.2) is 0 Å². The number of carbonyl (C=O) groups excluding carboxylic acids is 1. The van der Waals surface area contributed by atoms with Gasteiger partial charge in [0.2, 0.25) is 6.54 Å². The van der Waals surface area contributed by atoms with Crippen molar-refractivity contribution in [3.05, 3.63) is 40.2 Å². The number of pyridine rings is 1. The molecule has 0 aromatic carbocycles. The van der Waals surface area contributed by atoms with Gasteiger partial charge < -0.3 is 0 Å². The molecule has 1 rings (SSSR count). The van der Waals surface area contributed by atoms with E-state index in [1.54, 1.807) is 18.2 Å². The number of Topliss-reactive ketones (excluding diaryl/α,β-unsaturated/α-hetero) is 1. The Balaban J connectivity index is 2.78. The van der Waals surface area contributed by atoms with Gasteiger partial charge in [-0.3, -0.25) is 19.9 Å². The maximum Gasteiger partial charge on any atom is 0.213 e. The molecule has 1 aromatic rings. The molecule has 0 bridgehead atoms. The van der Waals surface area contributed by atoms with E-state index in [4.69, 9.17) is 0 Å². The average Bonchev–Trinajstić information content (AvgIpc) is 2.28. The third-order valence-corrected chi connectivity index (χ3v) is 2.29. The van der Waals surface area contributed by atoms with Crippen molar-refractivity contribution in [3.8, 4) is 0 Å². The Labute approximate surface area is 93.7 Å². The minimum absolute atomic E-state index is 0.237. The standard InChI is InChI=1S/C11H14N2O3/c1-2-5-9(8-13(15)16)11(14)10-6-3-4-7-12-10/h3-4,6-7,9H,2,5,8H2,1H3/t9-/m0/s1. The molecular weight excluding hydrogens is 208 g/mol. The Kier molecular flexibility index (Phi) is 4.57. The lowest BCUT2D eigenvalue weighted by atomic mass is 9.96. The van der Waals surface area contributed by atoms with Gasteiger partial charge in [-0.05, 0) is 18.6 Å². The van der Waals surface area contributed by atoms with Crippen molar-refractivity contribution >= 4 is 5.78 Å². The van der Waals surface area contributed by atoms with Crippen molar-refractivity contribution in [3.63, 3.8) is 0 Å². The average molecular weight is 222 g/mol. The van der Waals surface area contributed by atoms with E-state index < -0.39 is 10.8 Å². The van der Waals surface area contributed by atoms with E-state index in [2.05, 4.69) is 4.98 Å². The third kappa shape index (κ3) is 3.42. The highest BCUT2D eigenvalue weighted by Crippen LogP contribution is 2.13. The molecule has 86 valence electrons. The lowest BCUT2D eigenvalue weighted by Gasteiger charge is -2.09. The summed E-state index contributed by atoms with van der Waals surface area (Å²) >= 11 is 0. The van der Waals surface area contributed by atoms with Crippen LogP contribution in [0.4, 0.5) is 0 Å². The van der Waals surface area contributed by atoms with Crippen LogP contribution >= 0.6 is 0 Å². The fraction of sp³-hybridized carbons (Fsp3) is 0.455. The van der Waals surface area contributed by atoms with Crippen LogP contribution < -0.4 is 0 Å². The van der Waals surface area contributed by atoms with E-state index >= 15 is 0 Å². The zero-order chi connectivity index (χ0) is 12.0. The molecule has 0 fully saturated rings. The van der Waals surface area contributed by atoms with Crippen LogP contribution in [0.3, 0.4) is 0 Å². The van der Waals surface area contributed by atoms with Gasteiger partial charge in [0.1, 0.15) is 5.69 Å². The molecular formula is C11H14N2O3. The minimum Gasteiger partial charge on any atom is -0.292 e. The molecule has 0 saturated heterocycles. The second-order valence-electron chi connectivity index (χ2n) is 3.58. The van der Waals surface area contributed by atoms with Crippen LogP contribution in [-0.2, 0) is 0 Å². The van der Waals surface area contributed by atoms with Crippen LogP contribution in [0.15, 0.2) is 24.4 Å². The Bertz CT molecular complexity index is 365. The maximum absolute atomic E-state index is 11.9. The molecule has 0 radical (unpaired) electrons. The number of aromatic nitrogens is 1. The van der Waals surface area contributed by atoms with E-state index in [1.165, 1.54) is 6.20 Å². The second-order valence-corrected chi connectivity index (χ2v) is 3.58. The van der Waals surface area contributed by atoms with Crippen LogP contribution in [0.25, 0.3) is 0 Å². The summed E-state index contributed by atoms with van der Waals surface area (Å²) in [5.41, 5.74) is 0.308. The van der Waals surface area contributed by atoms with Crippen molar-refractivity contribution < 1.29 is 9.72 Å². The summed E-state index contributed by atoms with van der Waals surface area (Å²) < 4.78 is 0. The van der Waals surface area contributed by atoms with Gasteiger partial charge in [-0.1, -0.05) is 19.4 Å². The molecule has 0 amide bonds. The lowest BCUT2D eigenvalue weighted by molar-refractivity contribution is -0.485. The third-order valence-electron chi connectivity index (χ3n) is 2.29. The minimum atomic E-state index is -0.560. The summed E-state index contributed by atoms with van der Waals surface area (Å²) in [5.74, 6) is -0.797. The molecule has 0 saturated carbocycles. The molecule has 5 heteroatoms. The van der Waals surface area contributed by atoms with Crippen molar-refractivity contribution in [1.29, 1.82) is 0 Å². The lowest BCUT2D eigenvalue weighted by Crippen LogP contribution is -2.24. The first-order chi connectivity index (χ1) is 7.65. The van der Waals surface area contributed by atoms with E-state index in [1.807, 2.05) is 6.92 Å². The van der Waals surface area contributed by atoms with E-state index in [-0.39, 0.29) is 12.3 Å². The first kappa shape index (κ1) is 12.3. The quantitative estimate of drug-likeness (QED) is 0.419. The first-order valence-electron chi connectivity index (χ1n) is 5.22. The predicted octanol–water partition coefficient (Wildman–Crippen LogP) is 1.96.